The second-order valence-corrected chi connectivity index (χ2v) is 6.10. The monoisotopic (exact) mass is 296 g/mol. The number of nitrogens with one attached hydrogen (secondary N) is 1. The Morgan fingerprint density at radius 2 is 2.05 bits per heavy atom. The van der Waals surface area contributed by atoms with Crippen LogP contribution in [0.15, 0.2) is 12.3 Å². The highest BCUT2D eigenvalue weighted by molar-refractivity contribution is 7.71. The summed E-state index contributed by atoms with van der Waals surface area (Å²) in [5.41, 5.74) is 1.75. The quantitative estimate of drug-likeness (QED) is 0.816. The van der Waals surface area contributed by atoms with E-state index < -0.39 is 0 Å². The third kappa shape index (κ3) is 2.15. The maximum absolute atomic E-state index is 5.98. The summed E-state index contributed by atoms with van der Waals surface area (Å²) in [6.45, 7) is 4.48. The van der Waals surface area contributed by atoms with Gasteiger partial charge in [-0.3, -0.25) is 0 Å². The van der Waals surface area contributed by atoms with E-state index in [0.29, 0.717) is 21.9 Å². The molecule has 19 heavy (non-hydrogen) atoms. The molecule has 1 N–H and O–H groups in total. The molecule has 0 bridgehead atoms. The molecule has 1 aliphatic rings. The highest BCUT2D eigenvalue weighted by Crippen LogP contribution is 2.25. The molecule has 0 radical (unpaired) electrons. The van der Waals surface area contributed by atoms with E-state index in [-0.39, 0.29) is 0 Å². The zero-order valence-electron chi connectivity index (χ0n) is 11.1. The van der Waals surface area contributed by atoms with Crippen LogP contribution in [-0.2, 0) is 0 Å². The van der Waals surface area contributed by atoms with E-state index in [9.17, 15) is 0 Å². The molecule has 4 nitrogen and oxygen atoms in total. The van der Waals surface area contributed by atoms with Crippen molar-refractivity contribution < 1.29 is 0 Å². The Morgan fingerprint density at radius 3 is 2.74 bits per heavy atom. The van der Waals surface area contributed by atoms with Crippen LogP contribution in [0.3, 0.4) is 0 Å². The molecule has 2 aromatic heterocycles. The van der Waals surface area contributed by atoms with E-state index in [1.807, 2.05) is 10.7 Å². The van der Waals surface area contributed by atoms with E-state index in [2.05, 4.69) is 28.8 Å². The maximum Gasteiger partial charge on any atom is 0.198 e. The van der Waals surface area contributed by atoms with Gasteiger partial charge in [-0.25, -0.2) is 9.66 Å². The maximum atomic E-state index is 5.98. The van der Waals surface area contributed by atoms with Gasteiger partial charge in [-0.2, -0.15) is 0 Å². The number of H-pyrrole nitrogens is 1. The van der Waals surface area contributed by atoms with Gasteiger partial charge in [-0.1, -0.05) is 11.6 Å². The lowest BCUT2D eigenvalue weighted by atomic mass is 10.00. The van der Waals surface area contributed by atoms with Gasteiger partial charge in [0.15, 0.2) is 10.4 Å². The fourth-order valence-electron chi connectivity index (χ4n) is 2.97. The van der Waals surface area contributed by atoms with E-state index in [1.54, 1.807) is 6.20 Å². The molecule has 3 rings (SSSR count). The van der Waals surface area contributed by atoms with Crippen molar-refractivity contribution in [3.8, 4) is 0 Å². The molecule has 0 aliphatic carbocycles. The highest BCUT2D eigenvalue weighted by atomic mass is 35.5. The van der Waals surface area contributed by atoms with E-state index in [4.69, 9.17) is 23.8 Å². The van der Waals surface area contributed by atoms with Crippen LogP contribution in [0.2, 0.25) is 5.02 Å². The molecule has 2 unspecified atom stereocenters. The Bertz CT molecular complexity index is 652. The fraction of sp³-hybridized carbons (Fsp3) is 0.538. The van der Waals surface area contributed by atoms with Gasteiger partial charge in [-0.15, -0.1) is 0 Å². The number of hydrogen-bond acceptors (Lipinski definition) is 3. The van der Waals surface area contributed by atoms with Gasteiger partial charge in [0.25, 0.3) is 0 Å². The summed E-state index contributed by atoms with van der Waals surface area (Å²) < 4.78 is 2.72. The summed E-state index contributed by atoms with van der Waals surface area (Å²) in [5.74, 6) is 0. The van der Waals surface area contributed by atoms with Crippen LogP contribution in [0, 0.1) is 4.77 Å². The number of hydrogen-bond donors (Lipinski definition) is 1. The van der Waals surface area contributed by atoms with Crippen molar-refractivity contribution in [3.05, 3.63) is 22.1 Å². The molecule has 102 valence electrons. The van der Waals surface area contributed by atoms with Crippen LogP contribution < -0.4 is 5.01 Å². The van der Waals surface area contributed by atoms with Crippen LogP contribution >= 0.6 is 23.8 Å². The highest BCUT2D eigenvalue weighted by Gasteiger charge is 2.27. The van der Waals surface area contributed by atoms with Gasteiger partial charge < -0.3 is 9.99 Å². The van der Waals surface area contributed by atoms with Crippen LogP contribution in [-0.4, -0.2) is 26.7 Å². The zero-order chi connectivity index (χ0) is 13.6. The first-order valence-electron chi connectivity index (χ1n) is 6.63. The Labute approximate surface area is 122 Å². The second kappa shape index (κ2) is 4.80. The molecule has 0 saturated carbocycles. The number of aromatic amines is 1. The average Bonchev–Trinajstić information content (AvgIpc) is 2.65. The average molecular weight is 297 g/mol. The van der Waals surface area contributed by atoms with Gasteiger partial charge in [0, 0.05) is 18.3 Å². The topological polar surface area (TPSA) is 36.9 Å². The number of piperidine rings is 1. The minimum absolute atomic E-state index is 0.465. The number of imidazole rings is 1. The number of halogens is 1. The number of fused-ring (bicyclic) bond motifs is 1. The fourth-order valence-corrected chi connectivity index (χ4v) is 3.42. The predicted octanol–water partition coefficient (Wildman–Crippen LogP) is 3.65. The molecule has 1 aliphatic heterocycles. The minimum atomic E-state index is 0.465. The van der Waals surface area contributed by atoms with Crippen LogP contribution in [0.25, 0.3) is 11.2 Å². The Balaban J connectivity index is 2.18. The van der Waals surface area contributed by atoms with Crippen molar-refractivity contribution >= 4 is 35.0 Å². The van der Waals surface area contributed by atoms with Gasteiger partial charge in [-0.05, 0) is 51.4 Å². The predicted molar refractivity (Wildman–Crippen MR) is 80.9 cm³/mol. The van der Waals surface area contributed by atoms with Crippen molar-refractivity contribution in [1.82, 2.24) is 14.6 Å². The van der Waals surface area contributed by atoms with Crippen LogP contribution in [0.1, 0.15) is 33.1 Å². The molecule has 0 amide bonds. The molecule has 0 aromatic carbocycles. The largest absolute Gasteiger partial charge is 0.328 e. The van der Waals surface area contributed by atoms with E-state index in [0.717, 1.165) is 11.2 Å². The van der Waals surface area contributed by atoms with Crippen molar-refractivity contribution in [1.29, 1.82) is 0 Å². The first-order valence-corrected chi connectivity index (χ1v) is 7.41. The normalized spacial score (nSPS) is 24.1. The van der Waals surface area contributed by atoms with Crippen molar-refractivity contribution in [2.24, 2.45) is 0 Å². The SMILES string of the molecule is CC1CCCC(C)N1n1c(=S)[nH]c2cc(Cl)cnc21. The summed E-state index contributed by atoms with van der Waals surface area (Å²) in [4.78, 5) is 7.63. The molecule has 0 spiro atoms. The summed E-state index contributed by atoms with van der Waals surface area (Å²) in [6.07, 6.45) is 5.31. The number of rotatable bonds is 1. The zero-order valence-corrected chi connectivity index (χ0v) is 12.6. The molecule has 6 heteroatoms. The smallest absolute Gasteiger partial charge is 0.198 e. The van der Waals surface area contributed by atoms with Gasteiger partial charge in [0.05, 0.1) is 10.5 Å². The molecule has 1 fully saturated rings. The molecule has 3 heterocycles. The Kier molecular flexibility index (Phi) is 3.27. The van der Waals surface area contributed by atoms with Crippen molar-refractivity contribution in [3.63, 3.8) is 0 Å². The van der Waals surface area contributed by atoms with Crippen LogP contribution in [0.4, 0.5) is 0 Å². The molecule has 2 atom stereocenters. The molecule has 1 saturated heterocycles. The van der Waals surface area contributed by atoms with Gasteiger partial charge in [0.2, 0.25) is 0 Å². The summed E-state index contributed by atoms with van der Waals surface area (Å²) in [5, 5.41) is 2.96. The number of pyridine rings is 1. The standard InChI is InChI=1S/C13H17ClN4S/c1-8-4-3-5-9(2)17(8)18-12-11(16-13(18)19)6-10(14)7-15-12/h6-9H,3-5H2,1-2H3,(H,16,19). The van der Waals surface area contributed by atoms with E-state index in [1.165, 1.54) is 19.3 Å². The van der Waals surface area contributed by atoms with Crippen molar-refractivity contribution in [2.45, 2.75) is 45.2 Å². The Hall–Kier alpha value is -1.07. The lowest BCUT2D eigenvalue weighted by Gasteiger charge is -2.40. The van der Waals surface area contributed by atoms with E-state index >= 15 is 0 Å². The molecule has 2 aromatic rings. The summed E-state index contributed by atoms with van der Waals surface area (Å²) >= 11 is 11.4. The molecular formula is C13H17ClN4S. The van der Waals surface area contributed by atoms with Crippen LogP contribution in [0.5, 0.6) is 0 Å². The Morgan fingerprint density at radius 1 is 1.37 bits per heavy atom. The summed E-state index contributed by atoms with van der Waals surface area (Å²) in [6, 6.07) is 2.80. The third-order valence-corrected chi connectivity index (χ3v) is 4.33. The van der Waals surface area contributed by atoms with Crippen molar-refractivity contribution in [2.75, 3.05) is 5.01 Å². The summed E-state index contributed by atoms with van der Waals surface area (Å²) in [7, 11) is 0. The lowest BCUT2D eigenvalue weighted by molar-refractivity contribution is 0.338. The third-order valence-electron chi connectivity index (χ3n) is 3.85. The number of nitrogens with zero attached hydrogens (tertiary/aromatic N) is 3. The first kappa shape index (κ1) is 12.9. The molecular weight excluding hydrogens is 280 g/mol. The number of aromatic nitrogens is 3. The first-order chi connectivity index (χ1) is 9.08. The minimum Gasteiger partial charge on any atom is -0.328 e. The second-order valence-electron chi connectivity index (χ2n) is 5.28. The van der Waals surface area contributed by atoms with Gasteiger partial charge in [0.1, 0.15) is 0 Å². The lowest BCUT2D eigenvalue weighted by Crippen LogP contribution is -2.51. The van der Waals surface area contributed by atoms with Gasteiger partial charge >= 0.3 is 0 Å².